The first-order valence-corrected chi connectivity index (χ1v) is 14.7. The van der Waals surface area contributed by atoms with E-state index in [0.29, 0.717) is 12.4 Å². The van der Waals surface area contributed by atoms with Crippen LogP contribution in [-0.4, -0.2) is 49.9 Å². The van der Waals surface area contributed by atoms with Gasteiger partial charge < -0.3 is 15.0 Å². The number of benzene rings is 3. The van der Waals surface area contributed by atoms with E-state index >= 15 is 0 Å². The van der Waals surface area contributed by atoms with E-state index in [9.17, 15) is 18.0 Å². The summed E-state index contributed by atoms with van der Waals surface area (Å²) in [6.45, 7) is 10.9. The van der Waals surface area contributed by atoms with Gasteiger partial charge in [-0.2, -0.15) is 0 Å². The van der Waals surface area contributed by atoms with Crippen LogP contribution in [0, 0.1) is 6.92 Å². The minimum Gasteiger partial charge on any atom is -0.492 e. The zero-order valence-corrected chi connectivity index (χ0v) is 24.9. The zero-order chi connectivity index (χ0) is 29.5. The van der Waals surface area contributed by atoms with Gasteiger partial charge in [-0.3, -0.25) is 13.9 Å². The van der Waals surface area contributed by atoms with Gasteiger partial charge in [-0.15, -0.1) is 0 Å². The van der Waals surface area contributed by atoms with Crippen LogP contribution in [0.1, 0.15) is 45.7 Å². The van der Waals surface area contributed by atoms with Gasteiger partial charge in [0.1, 0.15) is 18.3 Å². The molecule has 3 aromatic carbocycles. The molecule has 1 atom stereocenters. The number of anilines is 1. The average molecular weight is 566 g/mol. The lowest BCUT2D eigenvalue weighted by atomic mass is 10.1. The highest BCUT2D eigenvalue weighted by atomic mass is 32.2. The number of hydrogen-bond donors (Lipinski definition) is 1. The Labute approximate surface area is 238 Å². The number of hydrogen-bond acceptors (Lipinski definition) is 5. The molecular weight excluding hydrogens is 526 g/mol. The predicted octanol–water partition coefficient (Wildman–Crippen LogP) is 4.92. The Hall–Kier alpha value is -3.85. The number of amides is 2. The summed E-state index contributed by atoms with van der Waals surface area (Å²) >= 11 is 0. The van der Waals surface area contributed by atoms with Gasteiger partial charge in [0.25, 0.3) is 10.0 Å². The van der Waals surface area contributed by atoms with Crippen LogP contribution >= 0.6 is 0 Å². The molecule has 0 saturated heterocycles. The molecule has 0 unspecified atom stereocenters. The van der Waals surface area contributed by atoms with Crippen LogP contribution in [0.2, 0.25) is 0 Å². The number of sulfonamides is 1. The van der Waals surface area contributed by atoms with Crippen molar-refractivity contribution in [1.82, 2.24) is 10.2 Å². The predicted molar refractivity (Wildman–Crippen MR) is 158 cm³/mol. The maximum absolute atomic E-state index is 14.1. The van der Waals surface area contributed by atoms with Crippen LogP contribution in [0.4, 0.5) is 5.69 Å². The lowest BCUT2D eigenvalue weighted by Crippen LogP contribution is -2.54. The van der Waals surface area contributed by atoms with E-state index < -0.39 is 34.1 Å². The smallest absolute Gasteiger partial charge is 0.264 e. The lowest BCUT2D eigenvalue weighted by Gasteiger charge is -2.33. The molecule has 3 aromatic rings. The summed E-state index contributed by atoms with van der Waals surface area (Å²) in [5, 5.41) is 2.93. The van der Waals surface area contributed by atoms with Crippen LogP contribution in [-0.2, 0) is 26.2 Å². The van der Waals surface area contributed by atoms with Gasteiger partial charge >= 0.3 is 0 Å². The summed E-state index contributed by atoms with van der Waals surface area (Å²) in [5.74, 6) is -0.523. The van der Waals surface area contributed by atoms with Crippen LogP contribution in [0.3, 0.4) is 0 Å². The first kappa shape index (κ1) is 30.7. The minimum absolute atomic E-state index is 0.0397. The first-order chi connectivity index (χ1) is 18.8. The Balaban J connectivity index is 2.08. The van der Waals surface area contributed by atoms with Crippen LogP contribution in [0.5, 0.6) is 5.75 Å². The number of nitrogens with one attached hydrogen (secondary N) is 1. The minimum atomic E-state index is -4.17. The molecule has 0 aromatic heterocycles. The molecule has 8 nitrogen and oxygen atoms in total. The largest absolute Gasteiger partial charge is 0.492 e. The number of ether oxygens (including phenoxy) is 1. The Kier molecular flexibility index (Phi) is 9.98. The highest BCUT2D eigenvalue weighted by Gasteiger charge is 2.34. The standard InChI is InChI=1S/C31H39N3O5S/c1-7-39-28-19-12-11-18-27(28)34(40(37,38)26-16-9-8-10-17-26)22-29(35)33(21-25-15-13-14-23(2)20-25)24(3)30(36)32-31(4,5)6/h8-20,24H,7,21-22H2,1-6H3,(H,32,36)/t24-/m0/s1. The van der Waals surface area contributed by atoms with Crippen molar-refractivity contribution in [3.63, 3.8) is 0 Å². The molecular formula is C31H39N3O5S. The molecule has 0 saturated carbocycles. The van der Waals surface area contributed by atoms with Crippen molar-refractivity contribution in [3.05, 3.63) is 90.0 Å². The molecule has 0 radical (unpaired) electrons. The SMILES string of the molecule is CCOc1ccccc1N(CC(=O)N(Cc1cccc(C)c1)[C@@H](C)C(=O)NC(C)(C)C)S(=O)(=O)c1ccccc1. The summed E-state index contributed by atoms with van der Waals surface area (Å²) in [6.07, 6.45) is 0. The van der Waals surface area contributed by atoms with Crippen LogP contribution in [0.25, 0.3) is 0 Å². The molecule has 9 heteroatoms. The first-order valence-electron chi connectivity index (χ1n) is 13.3. The van der Waals surface area contributed by atoms with Crippen molar-refractivity contribution in [2.45, 2.75) is 64.6 Å². The van der Waals surface area contributed by atoms with Crippen molar-refractivity contribution in [2.75, 3.05) is 17.5 Å². The van der Waals surface area contributed by atoms with Gasteiger partial charge in [-0.1, -0.05) is 60.2 Å². The number of carbonyl (C=O) groups is 2. The van der Waals surface area contributed by atoms with E-state index in [1.807, 2.05) is 52.0 Å². The number of rotatable bonds is 11. The van der Waals surface area contributed by atoms with Crippen molar-refractivity contribution >= 4 is 27.5 Å². The molecule has 0 fully saturated rings. The van der Waals surface area contributed by atoms with Crippen molar-refractivity contribution in [3.8, 4) is 5.75 Å². The molecule has 0 aliphatic heterocycles. The van der Waals surface area contributed by atoms with Crippen LogP contribution < -0.4 is 14.4 Å². The van der Waals surface area contributed by atoms with Gasteiger partial charge in [0.05, 0.1) is 17.2 Å². The Morgan fingerprint density at radius 2 is 1.60 bits per heavy atom. The summed E-state index contributed by atoms with van der Waals surface area (Å²) in [6, 6.07) is 21.5. The highest BCUT2D eigenvalue weighted by Crippen LogP contribution is 2.33. The van der Waals surface area contributed by atoms with E-state index in [0.717, 1.165) is 15.4 Å². The summed E-state index contributed by atoms with van der Waals surface area (Å²) < 4.78 is 34.7. The van der Waals surface area contributed by atoms with Crippen molar-refractivity contribution < 1.29 is 22.7 Å². The number of para-hydroxylation sites is 2. The third-order valence-electron chi connectivity index (χ3n) is 6.14. The molecule has 3 rings (SSSR count). The monoisotopic (exact) mass is 565 g/mol. The fourth-order valence-corrected chi connectivity index (χ4v) is 5.68. The Bertz CT molecular complexity index is 1420. The molecule has 0 bridgehead atoms. The second-order valence-corrected chi connectivity index (χ2v) is 12.5. The van der Waals surface area contributed by atoms with E-state index in [4.69, 9.17) is 4.74 Å². The maximum atomic E-state index is 14.1. The topological polar surface area (TPSA) is 96.0 Å². The molecule has 0 aliphatic rings. The van der Waals surface area contributed by atoms with Crippen LogP contribution in [0.15, 0.2) is 83.8 Å². The Morgan fingerprint density at radius 3 is 2.23 bits per heavy atom. The lowest BCUT2D eigenvalue weighted by molar-refractivity contribution is -0.140. The Morgan fingerprint density at radius 1 is 0.950 bits per heavy atom. The third kappa shape index (κ3) is 7.85. The van der Waals surface area contributed by atoms with Gasteiger partial charge in [0.15, 0.2) is 0 Å². The molecule has 1 N–H and O–H groups in total. The fourth-order valence-electron chi connectivity index (χ4n) is 4.24. The molecule has 0 aliphatic carbocycles. The average Bonchev–Trinajstić information content (AvgIpc) is 2.90. The fraction of sp³-hybridized carbons (Fsp3) is 0.355. The summed E-state index contributed by atoms with van der Waals surface area (Å²) in [4.78, 5) is 28.8. The van der Waals surface area contributed by atoms with E-state index in [2.05, 4.69) is 5.32 Å². The quantitative estimate of drug-likeness (QED) is 0.356. The van der Waals surface area contributed by atoms with Gasteiger partial charge in [0, 0.05) is 12.1 Å². The van der Waals surface area contributed by atoms with E-state index in [1.54, 1.807) is 56.3 Å². The molecule has 2 amide bonds. The second kappa shape index (κ2) is 13.0. The highest BCUT2D eigenvalue weighted by molar-refractivity contribution is 7.92. The number of nitrogens with zero attached hydrogens (tertiary/aromatic N) is 2. The normalized spacial score (nSPS) is 12.3. The number of carbonyl (C=O) groups excluding carboxylic acids is 2. The summed E-state index contributed by atoms with van der Waals surface area (Å²) in [5.41, 5.74) is 1.57. The van der Waals surface area contributed by atoms with Crippen molar-refractivity contribution in [1.29, 1.82) is 0 Å². The van der Waals surface area contributed by atoms with E-state index in [1.165, 1.54) is 17.0 Å². The summed E-state index contributed by atoms with van der Waals surface area (Å²) in [7, 11) is -4.17. The maximum Gasteiger partial charge on any atom is 0.264 e. The molecule has 40 heavy (non-hydrogen) atoms. The molecule has 0 heterocycles. The molecule has 214 valence electrons. The van der Waals surface area contributed by atoms with Gasteiger partial charge in [0.2, 0.25) is 11.8 Å². The van der Waals surface area contributed by atoms with E-state index in [-0.39, 0.29) is 23.0 Å². The second-order valence-electron chi connectivity index (χ2n) is 10.7. The molecule has 0 spiro atoms. The zero-order valence-electron chi connectivity index (χ0n) is 24.0. The van der Waals surface area contributed by atoms with Gasteiger partial charge in [-0.05, 0) is 71.4 Å². The third-order valence-corrected chi connectivity index (χ3v) is 7.92. The van der Waals surface area contributed by atoms with Gasteiger partial charge in [-0.25, -0.2) is 8.42 Å². The van der Waals surface area contributed by atoms with Crippen molar-refractivity contribution in [2.24, 2.45) is 0 Å². The number of aryl methyl sites for hydroxylation is 1.